The van der Waals surface area contributed by atoms with E-state index in [2.05, 4.69) is 25.7 Å². The van der Waals surface area contributed by atoms with Gasteiger partial charge in [-0.05, 0) is 18.2 Å². The quantitative estimate of drug-likeness (QED) is 0.789. The third-order valence-corrected chi connectivity index (χ3v) is 2.72. The van der Waals surface area contributed by atoms with Crippen LogP contribution in [0.15, 0.2) is 30.6 Å². The molecule has 0 aromatic carbocycles. The Morgan fingerprint density at radius 1 is 1.19 bits per heavy atom. The highest BCUT2D eigenvalue weighted by atomic mass is 19.4. The zero-order valence-corrected chi connectivity index (χ0v) is 10.6. The second-order valence-electron chi connectivity index (χ2n) is 4.21. The Bertz CT molecular complexity index is 732. The number of fused-ring (bicyclic) bond motifs is 1. The summed E-state index contributed by atoms with van der Waals surface area (Å²) in [5.74, 6) is -0.840. The number of hydrogen-bond acceptors (Lipinski definition) is 5. The summed E-state index contributed by atoms with van der Waals surface area (Å²) >= 11 is 0. The van der Waals surface area contributed by atoms with Crippen LogP contribution < -0.4 is 5.32 Å². The highest BCUT2D eigenvalue weighted by Crippen LogP contribution is 2.27. The van der Waals surface area contributed by atoms with Crippen molar-refractivity contribution in [1.29, 1.82) is 0 Å². The van der Waals surface area contributed by atoms with Gasteiger partial charge in [0.05, 0.1) is 6.54 Å². The van der Waals surface area contributed by atoms with Gasteiger partial charge in [0, 0.05) is 18.9 Å². The summed E-state index contributed by atoms with van der Waals surface area (Å²) in [5.41, 5.74) is 0.0416. The van der Waals surface area contributed by atoms with Crippen molar-refractivity contribution in [2.24, 2.45) is 0 Å². The Morgan fingerprint density at radius 3 is 2.76 bits per heavy atom. The molecule has 7 nitrogen and oxygen atoms in total. The lowest BCUT2D eigenvalue weighted by Gasteiger charge is -2.07. The smallest absolute Gasteiger partial charge is 0.367 e. The van der Waals surface area contributed by atoms with Crippen molar-refractivity contribution in [2.75, 3.05) is 11.9 Å². The maximum atomic E-state index is 12.7. The van der Waals surface area contributed by atoms with Gasteiger partial charge >= 0.3 is 6.18 Å². The first-order chi connectivity index (χ1) is 10.0. The fraction of sp³-hybridized carbons (Fsp3) is 0.273. The lowest BCUT2D eigenvalue weighted by molar-refractivity contribution is -0.146. The summed E-state index contributed by atoms with van der Waals surface area (Å²) in [6.07, 6.45) is -1.16. The summed E-state index contributed by atoms with van der Waals surface area (Å²) in [6, 6.07) is 4.76. The van der Waals surface area contributed by atoms with Crippen LogP contribution in [-0.4, -0.2) is 36.1 Å². The molecule has 0 unspecified atom stereocenters. The highest BCUT2D eigenvalue weighted by Gasteiger charge is 2.37. The van der Waals surface area contributed by atoms with E-state index in [1.54, 1.807) is 29.2 Å². The molecule has 0 saturated heterocycles. The summed E-state index contributed by atoms with van der Waals surface area (Å²) < 4.78 is 40.6. The molecule has 0 aliphatic rings. The van der Waals surface area contributed by atoms with Gasteiger partial charge in [-0.3, -0.25) is 4.68 Å². The lowest BCUT2D eigenvalue weighted by Crippen LogP contribution is -2.15. The van der Waals surface area contributed by atoms with Crippen LogP contribution >= 0.6 is 0 Å². The second kappa shape index (κ2) is 5.04. The molecule has 110 valence electrons. The summed E-state index contributed by atoms with van der Waals surface area (Å²) in [7, 11) is 0. The second-order valence-corrected chi connectivity index (χ2v) is 4.21. The van der Waals surface area contributed by atoms with Crippen molar-refractivity contribution in [3.05, 3.63) is 36.4 Å². The monoisotopic (exact) mass is 297 g/mol. The van der Waals surface area contributed by atoms with Gasteiger partial charge in [0.15, 0.2) is 5.65 Å². The van der Waals surface area contributed by atoms with Gasteiger partial charge in [-0.15, -0.1) is 15.3 Å². The van der Waals surface area contributed by atoms with Crippen LogP contribution in [0.5, 0.6) is 0 Å². The number of halogens is 3. The van der Waals surface area contributed by atoms with Crippen LogP contribution in [0.25, 0.3) is 5.65 Å². The molecule has 0 amide bonds. The maximum Gasteiger partial charge on any atom is 0.453 e. The fourth-order valence-electron chi connectivity index (χ4n) is 1.79. The van der Waals surface area contributed by atoms with Crippen molar-refractivity contribution in [2.45, 2.75) is 12.7 Å². The summed E-state index contributed by atoms with van der Waals surface area (Å²) in [4.78, 5) is 0. The normalized spacial score (nSPS) is 12.0. The van der Waals surface area contributed by atoms with Gasteiger partial charge < -0.3 is 5.32 Å². The number of nitrogens with one attached hydrogen (secondary N) is 1. The molecule has 0 atom stereocenters. The zero-order chi connectivity index (χ0) is 14.9. The molecule has 1 N–H and O–H groups in total. The Labute approximate surface area is 116 Å². The molecule has 0 radical (unpaired) electrons. The van der Waals surface area contributed by atoms with Crippen LogP contribution in [0.1, 0.15) is 5.82 Å². The Kier molecular flexibility index (Phi) is 3.20. The van der Waals surface area contributed by atoms with Gasteiger partial charge in [0.2, 0.25) is 0 Å². The van der Waals surface area contributed by atoms with E-state index >= 15 is 0 Å². The van der Waals surface area contributed by atoms with E-state index < -0.39 is 12.0 Å². The number of hydrogen-bond donors (Lipinski definition) is 1. The van der Waals surface area contributed by atoms with Gasteiger partial charge in [-0.25, -0.2) is 0 Å². The molecule has 0 aliphatic heterocycles. The Balaban J connectivity index is 1.77. The molecule has 3 aromatic heterocycles. The maximum absolute atomic E-state index is 12.7. The molecule has 21 heavy (non-hydrogen) atoms. The van der Waals surface area contributed by atoms with Gasteiger partial charge in [0.25, 0.3) is 5.82 Å². The minimum Gasteiger partial charge on any atom is -0.367 e. The van der Waals surface area contributed by atoms with Crippen molar-refractivity contribution < 1.29 is 13.2 Å². The molecule has 0 aliphatic carbocycles. The first-order valence-electron chi connectivity index (χ1n) is 6.05. The third kappa shape index (κ3) is 2.78. The van der Waals surface area contributed by atoms with Gasteiger partial charge in [-0.2, -0.15) is 22.8 Å². The average molecular weight is 297 g/mol. The van der Waals surface area contributed by atoms with Crippen molar-refractivity contribution in [3.63, 3.8) is 0 Å². The largest absolute Gasteiger partial charge is 0.453 e. The van der Waals surface area contributed by atoms with Crippen LogP contribution in [-0.2, 0) is 12.7 Å². The van der Waals surface area contributed by atoms with Crippen molar-refractivity contribution >= 4 is 11.5 Å². The topological polar surface area (TPSA) is 72.9 Å². The zero-order valence-electron chi connectivity index (χ0n) is 10.6. The van der Waals surface area contributed by atoms with Crippen molar-refractivity contribution in [3.8, 4) is 0 Å². The van der Waals surface area contributed by atoms with E-state index in [9.17, 15) is 13.2 Å². The Hall–Kier alpha value is -2.65. The summed E-state index contributed by atoms with van der Waals surface area (Å²) in [6.45, 7) is 1.05. The predicted molar refractivity (Wildman–Crippen MR) is 66.5 cm³/mol. The Morgan fingerprint density at radius 2 is 2.05 bits per heavy atom. The molecule has 0 spiro atoms. The molecule has 0 fully saturated rings. The lowest BCUT2D eigenvalue weighted by atomic mass is 10.5. The van der Waals surface area contributed by atoms with Gasteiger partial charge in [0.1, 0.15) is 5.82 Å². The van der Waals surface area contributed by atoms with E-state index in [4.69, 9.17) is 0 Å². The number of nitrogens with zero attached hydrogens (tertiary/aromatic N) is 6. The average Bonchev–Trinajstić information content (AvgIpc) is 3.05. The van der Waals surface area contributed by atoms with Crippen LogP contribution in [0.3, 0.4) is 0 Å². The van der Waals surface area contributed by atoms with E-state index in [0.717, 1.165) is 0 Å². The molecular weight excluding hydrogens is 287 g/mol. The summed E-state index contributed by atoms with van der Waals surface area (Å²) in [5, 5.41) is 17.3. The minimum absolute atomic E-state index is 0.0416. The first kappa shape index (κ1) is 13.3. The SMILES string of the molecule is FC(F)(F)c1nnc2ccc(NCCn3cccn3)nn12. The molecule has 3 rings (SSSR count). The molecule has 3 aromatic rings. The van der Waals surface area contributed by atoms with E-state index in [1.165, 1.54) is 6.07 Å². The van der Waals surface area contributed by atoms with E-state index in [1.807, 2.05) is 0 Å². The minimum atomic E-state index is -4.60. The van der Waals surface area contributed by atoms with E-state index in [0.29, 0.717) is 23.4 Å². The molecule has 0 bridgehead atoms. The molecule has 3 heterocycles. The van der Waals surface area contributed by atoms with Crippen molar-refractivity contribution in [1.82, 2.24) is 29.6 Å². The number of rotatable bonds is 4. The molecular formula is C11H10F3N7. The fourth-order valence-corrected chi connectivity index (χ4v) is 1.79. The van der Waals surface area contributed by atoms with E-state index in [-0.39, 0.29) is 5.65 Å². The first-order valence-corrected chi connectivity index (χ1v) is 6.05. The van der Waals surface area contributed by atoms with Crippen LogP contribution in [0, 0.1) is 0 Å². The number of alkyl halides is 3. The van der Waals surface area contributed by atoms with Crippen LogP contribution in [0.4, 0.5) is 19.0 Å². The highest BCUT2D eigenvalue weighted by molar-refractivity contribution is 5.44. The number of anilines is 1. The number of aromatic nitrogens is 6. The standard InChI is InChI=1S/C11H10F3N7/c12-11(13,14)10-18-17-9-3-2-8(19-21(9)10)15-5-7-20-6-1-4-16-20/h1-4,6H,5,7H2,(H,15,19). The molecule has 0 saturated carbocycles. The van der Waals surface area contributed by atoms with Crippen LogP contribution in [0.2, 0.25) is 0 Å². The van der Waals surface area contributed by atoms with Gasteiger partial charge in [-0.1, -0.05) is 0 Å². The molecule has 10 heteroatoms. The third-order valence-electron chi connectivity index (χ3n) is 2.72. The predicted octanol–water partition coefficient (Wildman–Crippen LogP) is 1.45.